The summed E-state index contributed by atoms with van der Waals surface area (Å²) in [6.45, 7) is 3.52. The molecule has 1 aromatic carbocycles. The van der Waals surface area contributed by atoms with Crippen molar-refractivity contribution in [3.05, 3.63) is 39.9 Å². The van der Waals surface area contributed by atoms with Crippen molar-refractivity contribution in [2.45, 2.75) is 13.8 Å². The summed E-state index contributed by atoms with van der Waals surface area (Å²) in [5.41, 5.74) is 6.78. The highest BCUT2D eigenvalue weighted by molar-refractivity contribution is 9.10. The zero-order chi connectivity index (χ0) is 13.3. The molecule has 0 bridgehead atoms. The Labute approximate surface area is 113 Å². The average Bonchev–Trinajstić information content (AvgIpc) is 2.30. The maximum Gasteiger partial charge on any atom is 0.146 e. The molecule has 0 fully saturated rings. The molecule has 3 N–H and O–H groups in total. The number of aryl methyl sites for hydroxylation is 1. The average molecular weight is 311 g/mol. The van der Waals surface area contributed by atoms with Crippen LogP contribution >= 0.6 is 15.9 Å². The standard InChI is InChI=1S/C12H12BrFN4/c1-6-11(15)16-7(2)17-12(6)18-10-5-8(13)3-4-9(10)14/h3-5H,1-2H3,(H3,15,16,17,18). The van der Waals surface area contributed by atoms with Crippen LogP contribution in [0.2, 0.25) is 0 Å². The summed E-state index contributed by atoms with van der Waals surface area (Å²) >= 11 is 3.29. The van der Waals surface area contributed by atoms with Crippen LogP contribution in [0.25, 0.3) is 0 Å². The molecule has 0 atom stereocenters. The molecule has 0 radical (unpaired) electrons. The van der Waals surface area contributed by atoms with Gasteiger partial charge in [0.2, 0.25) is 0 Å². The molecule has 0 aliphatic carbocycles. The quantitative estimate of drug-likeness (QED) is 0.893. The van der Waals surface area contributed by atoms with Crippen molar-refractivity contribution in [1.29, 1.82) is 0 Å². The van der Waals surface area contributed by atoms with E-state index in [2.05, 4.69) is 31.2 Å². The second kappa shape index (κ2) is 4.89. The lowest BCUT2D eigenvalue weighted by Crippen LogP contribution is -2.05. The van der Waals surface area contributed by atoms with Crippen LogP contribution in [0.4, 0.5) is 21.7 Å². The van der Waals surface area contributed by atoms with Gasteiger partial charge in [0.1, 0.15) is 23.3 Å². The van der Waals surface area contributed by atoms with Gasteiger partial charge in [0.25, 0.3) is 0 Å². The summed E-state index contributed by atoms with van der Waals surface area (Å²) in [7, 11) is 0. The Morgan fingerprint density at radius 2 is 2.00 bits per heavy atom. The van der Waals surface area contributed by atoms with Crippen LogP contribution in [0.5, 0.6) is 0 Å². The third-order valence-electron chi connectivity index (χ3n) is 2.48. The van der Waals surface area contributed by atoms with Crippen molar-refractivity contribution >= 4 is 33.3 Å². The number of nitrogens with zero attached hydrogens (tertiary/aromatic N) is 2. The molecule has 6 heteroatoms. The van der Waals surface area contributed by atoms with Crippen LogP contribution in [-0.2, 0) is 0 Å². The normalized spacial score (nSPS) is 10.4. The van der Waals surface area contributed by atoms with E-state index < -0.39 is 0 Å². The number of nitrogens with one attached hydrogen (secondary N) is 1. The minimum atomic E-state index is -0.354. The van der Waals surface area contributed by atoms with E-state index in [-0.39, 0.29) is 5.82 Å². The smallest absolute Gasteiger partial charge is 0.146 e. The molecular weight excluding hydrogens is 299 g/mol. The Bertz CT molecular complexity index is 601. The number of anilines is 3. The van der Waals surface area contributed by atoms with Crippen molar-refractivity contribution in [3.8, 4) is 0 Å². The van der Waals surface area contributed by atoms with Gasteiger partial charge in [-0.05, 0) is 32.0 Å². The number of aromatic nitrogens is 2. The molecule has 0 aliphatic heterocycles. The van der Waals surface area contributed by atoms with E-state index in [1.54, 1.807) is 26.0 Å². The Balaban J connectivity index is 2.43. The Kier molecular flexibility index (Phi) is 3.47. The summed E-state index contributed by atoms with van der Waals surface area (Å²) in [5, 5.41) is 2.93. The summed E-state index contributed by atoms with van der Waals surface area (Å²) in [6.07, 6.45) is 0. The molecular formula is C12H12BrFN4. The number of rotatable bonds is 2. The van der Waals surface area contributed by atoms with Gasteiger partial charge in [-0.1, -0.05) is 15.9 Å². The minimum Gasteiger partial charge on any atom is -0.383 e. The molecule has 2 rings (SSSR count). The van der Waals surface area contributed by atoms with Crippen LogP contribution in [0, 0.1) is 19.7 Å². The highest BCUT2D eigenvalue weighted by atomic mass is 79.9. The molecule has 0 aliphatic rings. The third kappa shape index (κ3) is 2.59. The lowest BCUT2D eigenvalue weighted by molar-refractivity contribution is 0.631. The van der Waals surface area contributed by atoms with Gasteiger partial charge < -0.3 is 11.1 Å². The van der Waals surface area contributed by atoms with E-state index in [9.17, 15) is 4.39 Å². The van der Waals surface area contributed by atoms with Crippen molar-refractivity contribution in [3.63, 3.8) is 0 Å². The fourth-order valence-electron chi connectivity index (χ4n) is 1.49. The molecule has 0 saturated heterocycles. The first-order chi connectivity index (χ1) is 8.47. The molecule has 1 aromatic heterocycles. The molecule has 94 valence electrons. The van der Waals surface area contributed by atoms with Crippen molar-refractivity contribution in [2.75, 3.05) is 11.1 Å². The second-order valence-electron chi connectivity index (χ2n) is 3.88. The molecule has 4 nitrogen and oxygen atoms in total. The highest BCUT2D eigenvalue weighted by Gasteiger charge is 2.09. The van der Waals surface area contributed by atoms with Gasteiger partial charge >= 0.3 is 0 Å². The van der Waals surface area contributed by atoms with Gasteiger partial charge in [0, 0.05) is 10.0 Å². The first-order valence-corrected chi connectivity index (χ1v) is 6.09. The number of nitrogens with two attached hydrogens (primary N) is 1. The lowest BCUT2D eigenvalue weighted by Gasteiger charge is -2.11. The molecule has 0 amide bonds. The number of nitrogen functional groups attached to an aromatic ring is 1. The largest absolute Gasteiger partial charge is 0.383 e. The zero-order valence-corrected chi connectivity index (χ0v) is 11.5. The van der Waals surface area contributed by atoms with Crippen molar-refractivity contribution < 1.29 is 4.39 Å². The Hall–Kier alpha value is -1.69. The van der Waals surface area contributed by atoms with Crippen molar-refractivity contribution in [2.24, 2.45) is 0 Å². The first kappa shape index (κ1) is 12.8. The van der Waals surface area contributed by atoms with E-state index in [4.69, 9.17) is 5.73 Å². The van der Waals surface area contributed by atoms with Crippen LogP contribution in [0.15, 0.2) is 22.7 Å². The predicted octanol–water partition coefficient (Wildman–Crippen LogP) is 3.32. The fourth-order valence-corrected chi connectivity index (χ4v) is 1.85. The number of hydrogen-bond donors (Lipinski definition) is 2. The summed E-state index contributed by atoms with van der Waals surface area (Å²) in [5.74, 6) is 1.08. The van der Waals surface area contributed by atoms with Crippen LogP contribution < -0.4 is 11.1 Å². The highest BCUT2D eigenvalue weighted by Crippen LogP contribution is 2.26. The van der Waals surface area contributed by atoms with Crippen molar-refractivity contribution in [1.82, 2.24) is 9.97 Å². The maximum absolute atomic E-state index is 13.6. The van der Waals surface area contributed by atoms with E-state index in [1.807, 2.05) is 0 Å². The maximum atomic E-state index is 13.6. The number of halogens is 2. The van der Waals surface area contributed by atoms with E-state index in [0.717, 1.165) is 4.47 Å². The molecule has 0 saturated carbocycles. The minimum absolute atomic E-state index is 0.338. The zero-order valence-electron chi connectivity index (χ0n) is 9.96. The molecule has 2 aromatic rings. The van der Waals surface area contributed by atoms with E-state index in [0.29, 0.717) is 28.7 Å². The molecule has 0 spiro atoms. The van der Waals surface area contributed by atoms with Gasteiger partial charge in [-0.15, -0.1) is 0 Å². The Morgan fingerprint density at radius 1 is 1.28 bits per heavy atom. The summed E-state index contributed by atoms with van der Waals surface area (Å²) in [4.78, 5) is 8.25. The van der Waals surface area contributed by atoms with Gasteiger partial charge in [0.05, 0.1) is 5.69 Å². The van der Waals surface area contributed by atoms with Crippen LogP contribution in [-0.4, -0.2) is 9.97 Å². The lowest BCUT2D eigenvalue weighted by atomic mass is 10.2. The monoisotopic (exact) mass is 310 g/mol. The fraction of sp³-hybridized carbons (Fsp3) is 0.167. The number of benzene rings is 1. The molecule has 1 heterocycles. The van der Waals surface area contributed by atoms with E-state index >= 15 is 0 Å². The van der Waals surface area contributed by atoms with Gasteiger partial charge in [0.15, 0.2) is 0 Å². The second-order valence-corrected chi connectivity index (χ2v) is 4.79. The van der Waals surface area contributed by atoms with Gasteiger partial charge in [-0.25, -0.2) is 14.4 Å². The van der Waals surface area contributed by atoms with E-state index in [1.165, 1.54) is 6.07 Å². The summed E-state index contributed by atoms with van der Waals surface area (Å²) < 4.78 is 14.4. The summed E-state index contributed by atoms with van der Waals surface area (Å²) in [6, 6.07) is 4.65. The first-order valence-electron chi connectivity index (χ1n) is 5.30. The van der Waals surface area contributed by atoms with Gasteiger partial charge in [-0.2, -0.15) is 0 Å². The van der Waals surface area contributed by atoms with Crippen LogP contribution in [0.3, 0.4) is 0 Å². The SMILES string of the molecule is Cc1nc(N)c(C)c(Nc2cc(Br)ccc2F)n1. The predicted molar refractivity (Wildman–Crippen MR) is 73.3 cm³/mol. The molecule has 0 unspecified atom stereocenters. The third-order valence-corrected chi connectivity index (χ3v) is 2.97. The topological polar surface area (TPSA) is 63.8 Å². The Morgan fingerprint density at radius 3 is 2.72 bits per heavy atom. The van der Waals surface area contributed by atoms with Gasteiger partial charge in [-0.3, -0.25) is 0 Å². The molecule has 18 heavy (non-hydrogen) atoms. The van der Waals surface area contributed by atoms with Crippen LogP contribution in [0.1, 0.15) is 11.4 Å². The number of hydrogen-bond acceptors (Lipinski definition) is 4.